The first-order valence-corrected chi connectivity index (χ1v) is 8.85. The highest BCUT2D eigenvalue weighted by molar-refractivity contribution is 6.36. The molecule has 1 aromatic rings. The normalized spacial score (nSPS) is 14.6. The van der Waals surface area contributed by atoms with Crippen molar-refractivity contribution in [3.05, 3.63) is 33.8 Å². The lowest BCUT2D eigenvalue weighted by Gasteiger charge is -2.35. The second-order valence-corrected chi connectivity index (χ2v) is 7.01. The Morgan fingerprint density at radius 1 is 1.08 bits per heavy atom. The molecule has 0 aliphatic carbocycles. The highest BCUT2D eigenvalue weighted by Crippen LogP contribution is 2.20. The molecule has 0 atom stereocenters. The summed E-state index contributed by atoms with van der Waals surface area (Å²) >= 11 is 11.8. The number of hydrogen-bond acceptors (Lipinski definition) is 3. The molecule has 0 unspecified atom stereocenters. The molecule has 25 heavy (non-hydrogen) atoms. The van der Waals surface area contributed by atoms with E-state index >= 15 is 0 Å². The molecule has 1 N–H and O–H groups in total. The number of nitrogens with zero attached hydrogens (tertiary/aromatic N) is 2. The summed E-state index contributed by atoms with van der Waals surface area (Å²) in [5, 5.41) is 3.24. The van der Waals surface area contributed by atoms with Gasteiger partial charge in [-0.2, -0.15) is 0 Å². The number of nitrogens with one attached hydrogen (secondary N) is 1. The van der Waals surface area contributed by atoms with Crippen LogP contribution in [-0.2, 0) is 9.59 Å². The third-order valence-electron chi connectivity index (χ3n) is 4.01. The Morgan fingerprint density at radius 3 is 2.24 bits per heavy atom. The van der Waals surface area contributed by atoms with Crippen molar-refractivity contribution in [1.82, 2.24) is 15.1 Å². The molecule has 0 saturated carbocycles. The highest BCUT2D eigenvalue weighted by Gasteiger charge is 2.25. The van der Waals surface area contributed by atoms with E-state index < -0.39 is 5.91 Å². The Kier molecular flexibility index (Phi) is 6.67. The summed E-state index contributed by atoms with van der Waals surface area (Å²) in [6.07, 6.45) is 0. The van der Waals surface area contributed by atoms with Gasteiger partial charge in [-0.15, -0.1) is 0 Å². The van der Waals surface area contributed by atoms with Crippen LogP contribution in [0.15, 0.2) is 18.2 Å². The van der Waals surface area contributed by atoms with Crippen LogP contribution in [0.3, 0.4) is 0 Å². The maximum Gasteiger partial charge on any atom is 0.253 e. The number of piperazine rings is 1. The van der Waals surface area contributed by atoms with Gasteiger partial charge in [-0.05, 0) is 18.2 Å². The molecule has 0 aromatic heterocycles. The molecule has 1 saturated heterocycles. The standard InChI is InChI=1S/C17H21Cl2N3O3/c1-11(2)17(25)22-7-5-21(6-8-22)15(23)10-20-16(24)13-4-3-12(18)9-14(13)19/h3-4,9,11H,5-8,10H2,1-2H3,(H,20,24). The molecule has 1 aliphatic rings. The van der Waals surface area contributed by atoms with Crippen LogP contribution in [0, 0.1) is 5.92 Å². The SMILES string of the molecule is CC(C)C(=O)N1CCN(C(=O)CNC(=O)c2ccc(Cl)cc2Cl)CC1. The molecule has 0 radical (unpaired) electrons. The highest BCUT2D eigenvalue weighted by atomic mass is 35.5. The minimum absolute atomic E-state index is 0.0503. The van der Waals surface area contributed by atoms with Gasteiger partial charge in [-0.1, -0.05) is 37.0 Å². The van der Waals surface area contributed by atoms with Gasteiger partial charge in [0.05, 0.1) is 17.1 Å². The molecule has 1 heterocycles. The molecular formula is C17H21Cl2N3O3. The molecule has 0 spiro atoms. The van der Waals surface area contributed by atoms with Crippen molar-refractivity contribution in [3.63, 3.8) is 0 Å². The summed E-state index contributed by atoms with van der Waals surface area (Å²) in [4.78, 5) is 39.7. The van der Waals surface area contributed by atoms with Crippen LogP contribution in [0.1, 0.15) is 24.2 Å². The Hall–Kier alpha value is -1.79. The monoisotopic (exact) mass is 385 g/mol. The van der Waals surface area contributed by atoms with E-state index in [1.165, 1.54) is 12.1 Å². The summed E-state index contributed by atoms with van der Waals surface area (Å²) < 4.78 is 0. The number of carbonyl (C=O) groups is 3. The van der Waals surface area contributed by atoms with E-state index in [1.54, 1.807) is 15.9 Å². The lowest BCUT2D eigenvalue weighted by molar-refractivity contribution is -0.140. The lowest BCUT2D eigenvalue weighted by atomic mass is 10.1. The summed E-state index contributed by atoms with van der Waals surface area (Å²) in [7, 11) is 0. The van der Waals surface area contributed by atoms with Crippen LogP contribution >= 0.6 is 23.2 Å². The Balaban J connectivity index is 1.83. The third-order valence-corrected chi connectivity index (χ3v) is 4.56. The smallest absolute Gasteiger partial charge is 0.253 e. The van der Waals surface area contributed by atoms with Crippen LogP contribution in [0.2, 0.25) is 10.0 Å². The van der Waals surface area contributed by atoms with Crippen molar-refractivity contribution in [2.75, 3.05) is 32.7 Å². The second kappa shape index (κ2) is 8.54. The quantitative estimate of drug-likeness (QED) is 0.861. The zero-order valence-corrected chi connectivity index (χ0v) is 15.7. The topological polar surface area (TPSA) is 69.7 Å². The van der Waals surface area contributed by atoms with Gasteiger partial charge in [0.2, 0.25) is 11.8 Å². The van der Waals surface area contributed by atoms with E-state index in [0.29, 0.717) is 31.2 Å². The first-order valence-electron chi connectivity index (χ1n) is 8.09. The van der Waals surface area contributed by atoms with Crippen molar-refractivity contribution in [3.8, 4) is 0 Å². The van der Waals surface area contributed by atoms with Crippen LogP contribution in [0.25, 0.3) is 0 Å². The molecule has 1 aliphatic heterocycles. The largest absolute Gasteiger partial charge is 0.343 e. The van der Waals surface area contributed by atoms with Crippen LogP contribution < -0.4 is 5.32 Å². The fourth-order valence-electron chi connectivity index (χ4n) is 2.58. The van der Waals surface area contributed by atoms with E-state index in [-0.39, 0.29) is 34.9 Å². The minimum Gasteiger partial charge on any atom is -0.343 e. The van der Waals surface area contributed by atoms with Crippen molar-refractivity contribution >= 4 is 40.9 Å². The Morgan fingerprint density at radius 2 is 1.68 bits per heavy atom. The van der Waals surface area contributed by atoms with Crippen LogP contribution in [-0.4, -0.2) is 60.2 Å². The van der Waals surface area contributed by atoms with Crippen LogP contribution in [0.4, 0.5) is 0 Å². The molecule has 6 nitrogen and oxygen atoms in total. The van der Waals surface area contributed by atoms with Gasteiger partial charge in [0, 0.05) is 37.1 Å². The number of rotatable bonds is 4. The molecule has 0 bridgehead atoms. The summed E-state index contributed by atoms with van der Waals surface area (Å²) in [5.41, 5.74) is 0.270. The zero-order valence-electron chi connectivity index (χ0n) is 14.2. The summed E-state index contributed by atoms with van der Waals surface area (Å²) in [5.74, 6) is -0.567. The number of carbonyl (C=O) groups excluding carboxylic acids is 3. The van der Waals surface area contributed by atoms with E-state index in [1.807, 2.05) is 13.8 Å². The molecular weight excluding hydrogens is 365 g/mol. The number of halogens is 2. The van der Waals surface area contributed by atoms with E-state index in [2.05, 4.69) is 5.32 Å². The predicted octanol–water partition coefficient (Wildman–Crippen LogP) is 2.05. The fourth-order valence-corrected chi connectivity index (χ4v) is 3.07. The van der Waals surface area contributed by atoms with E-state index in [9.17, 15) is 14.4 Å². The van der Waals surface area contributed by atoms with Crippen molar-refractivity contribution in [2.45, 2.75) is 13.8 Å². The third kappa shape index (κ3) is 5.09. The number of hydrogen-bond donors (Lipinski definition) is 1. The summed E-state index contributed by atoms with van der Waals surface area (Å²) in [6, 6.07) is 4.56. The maximum atomic E-state index is 12.2. The Bertz CT molecular complexity index is 671. The fraction of sp³-hybridized carbons (Fsp3) is 0.471. The van der Waals surface area contributed by atoms with Crippen molar-refractivity contribution in [2.24, 2.45) is 5.92 Å². The van der Waals surface area contributed by atoms with Crippen LogP contribution in [0.5, 0.6) is 0 Å². The van der Waals surface area contributed by atoms with Crippen molar-refractivity contribution in [1.29, 1.82) is 0 Å². The average Bonchev–Trinajstić information content (AvgIpc) is 2.58. The molecule has 1 fully saturated rings. The van der Waals surface area contributed by atoms with Gasteiger partial charge in [0.25, 0.3) is 5.91 Å². The molecule has 1 aromatic carbocycles. The van der Waals surface area contributed by atoms with Gasteiger partial charge in [-0.3, -0.25) is 14.4 Å². The second-order valence-electron chi connectivity index (χ2n) is 6.17. The Labute approximate surface area is 157 Å². The maximum absolute atomic E-state index is 12.2. The average molecular weight is 386 g/mol. The molecule has 136 valence electrons. The predicted molar refractivity (Wildman–Crippen MR) is 96.8 cm³/mol. The lowest BCUT2D eigenvalue weighted by Crippen LogP contribution is -2.53. The molecule has 8 heteroatoms. The first kappa shape index (κ1) is 19.5. The first-order chi connectivity index (χ1) is 11.8. The van der Waals surface area contributed by atoms with Crippen molar-refractivity contribution < 1.29 is 14.4 Å². The zero-order chi connectivity index (χ0) is 18.6. The van der Waals surface area contributed by atoms with E-state index in [0.717, 1.165) is 0 Å². The van der Waals surface area contributed by atoms with Gasteiger partial charge < -0.3 is 15.1 Å². The van der Waals surface area contributed by atoms with Gasteiger partial charge >= 0.3 is 0 Å². The van der Waals surface area contributed by atoms with Gasteiger partial charge in [-0.25, -0.2) is 0 Å². The van der Waals surface area contributed by atoms with E-state index in [4.69, 9.17) is 23.2 Å². The molecule has 3 amide bonds. The summed E-state index contributed by atoms with van der Waals surface area (Å²) in [6.45, 7) is 5.56. The number of amides is 3. The van der Waals surface area contributed by atoms with Gasteiger partial charge in [0.1, 0.15) is 0 Å². The van der Waals surface area contributed by atoms with Gasteiger partial charge in [0.15, 0.2) is 0 Å². The minimum atomic E-state index is -0.427. The molecule has 2 rings (SSSR count). The number of benzene rings is 1.